The van der Waals surface area contributed by atoms with Gasteiger partial charge in [-0.3, -0.25) is 0 Å². The van der Waals surface area contributed by atoms with Gasteiger partial charge in [0.2, 0.25) is 0 Å². The first-order valence-corrected chi connectivity index (χ1v) is 5.94. The van der Waals surface area contributed by atoms with Crippen LogP contribution in [0.2, 0.25) is 5.02 Å². The number of benzene rings is 1. The van der Waals surface area contributed by atoms with E-state index < -0.39 is 0 Å². The molecule has 0 heterocycles. The highest BCUT2D eigenvalue weighted by Crippen LogP contribution is 2.26. The molecule has 2 rings (SSSR count). The second kappa shape index (κ2) is 5.04. The first-order chi connectivity index (χ1) is 7.68. The van der Waals surface area contributed by atoms with Gasteiger partial charge in [-0.15, -0.1) is 0 Å². The second-order valence-corrected chi connectivity index (χ2v) is 4.63. The Balaban J connectivity index is 1.99. The Hall–Kier alpha value is -0.770. The molecule has 1 aromatic rings. The van der Waals surface area contributed by atoms with Crippen molar-refractivity contribution < 1.29 is 10.2 Å². The summed E-state index contributed by atoms with van der Waals surface area (Å²) in [7, 11) is 0. The molecular weight excluding hydrogens is 226 g/mol. The third-order valence-corrected chi connectivity index (χ3v) is 3.47. The third-order valence-electron chi connectivity index (χ3n) is 3.11. The van der Waals surface area contributed by atoms with Crippen LogP contribution in [0.15, 0.2) is 18.2 Å². The largest absolute Gasteiger partial charge is 0.508 e. The summed E-state index contributed by atoms with van der Waals surface area (Å²) >= 11 is 5.99. The van der Waals surface area contributed by atoms with Crippen LogP contribution in [0.4, 0.5) is 0 Å². The highest BCUT2D eigenvalue weighted by molar-refractivity contribution is 6.31. The summed E-state index contributed by atoms with van der Waals surface area (Å²) in [5, 5.41) is 23.1. The van der Waals surface area contributed by atoms with Crippen molar-refractivity contribution in [2.45, 2.75) is 38.0 Å². The van der Waals surface area contributed by atoms with Gasteiger partial charge in [-0.2, -0.15) is 0 Å². The van der Waals surface area contributed by atoms with Crippen molar-refractivity contribution in [1.29, 1.82) is 0 Å². The van der Waals surface area contributed by atoms with Crippen LogP contribution in [0.3, 0.4) is 0 Å². The van der Waals surface area contributed by atoms with Crippen LogP contribution in [0, 0.1) is 0 Å². The molecule has 88 valence electrons. The van der Waals surface area contributed by atoms with Gasteiger partial charge in [0.15, 0.2) is 0 Å². The maximum atomic E-state index is 9.65. The van der Waals surface area contributed by atoms with Gasteiger partial charge >= 0.3 is 0 Å². The Bertz CT molecular complexity index is 350. The molecule has 16 heavy (non-hydrogen) atoms. The fourth-order valence-corrected chi connectivity index (χ4v) is 2.37. The average molecular weight is 242 g/mol. The zero-order valence-electron chi connectivity index (χ0n) is 8.99. The molecule has 0 amide bonds. The van der Waals surface area contributed by atoms with Crippen LogP contribution >= 0.6 is 11.6 Å². The van der Waals surface area contributed by atoms with Crippen LogP contribution in [-0.2, 0) is 6.54 Å². The van der Waals surface area contributed by atoms with E-state index in [-0.39, 0.29) is 17.9 Å². The molecule has 0 saturated heterocycles. The van der Waals surface area contributed by atoms with Crippen LogP contribution in [-0.4, -0.2) is 22.4 Å². The lowest BCUT2D eigenvalue weighted by Gasteiger charge is -2.17. The highest BCUT2D eigenvalue weighted by Gasteiger charge is 2.24. The van der Waals surface area contributed by atoms with E-state index in [1.54, 1.807) is 18.2 Å². The maximum Gasteiger partial charge on any atom is 0.121 e. The van der Waals surface area contributed by atoms with E-state index in [1.807, 2.05) is 0 Å². The Morgan fingerprint density at radius 2 is 2.19 bits per heavy atom. The van der Waals surface area contributed by atoms with Crippen molar-refractivity contribution >= 4 is 11.6 Å². The van der Waals surface area contributed by atoms with Crippen LogP contribution < -0.4 is 5.32 Å². The molecule has 1 aromatic carbocycles. The van der Waals surface area contributed by atoms with Crippen LogP contribution in [0.1, 0.15) is 24.8 Å². The number of phenolic OH excluding ortho intramolecular Hbond substituents is 1. The zero-order valence-corrected chi connectivity index (χ0v) is 9.74. The van der Waals surface area contributed by atoms with Crippen molar-refractivity contribution in [1.82, 2.24) is 5.32 Å². The average Bonchev–Trinajstić information content (AvgIpc) is 2.64. The van der Waals surface area contributed by atoms with Crippen molar-refractivity contribution in [2.75, 3.05) is 0 Å². The van der Waals surface area contributed by atoms with Crippen LogP contribution in [0.25, 0.3) is 0 Å². The summed E-state index contributed by atoms with van der Waals surface area (Å²) in [6, 6.07) is 5.21. The number of aromatic hydroxyl groups is 1. The molecule has 0 spiro atoms. The minimum absolute atomic E-state index is 0.121. The fourth-order valence-electron chi connectivity index (χ4n) is 2.13. The number of phenols is 1. The smallest absolute Gasteiger partial charge is 0.121 e. The minimum Gasteiger partial charge on any atom is -0.508 e. The molecule has 1 fully saturated rings. The summed E-state index contributed by atoms with van der Waals surface area (Å²) in [6.45, 7) is 0.493. The molecule has 1 aliphatic rings. The van der Waals surface area contributed by atoms with Crippen molar-refractivity contribution in [3.63, 3.8) is 0 Å². The molecular formula is C12H16ClNO2. The summed E-state index contributed by atoms with van der Waals surface area (Å²) in [6.07, 6.45) is 2.61. The van der Waals surface area contributed by atoms with Gasteiger partial charge in [-0.1, -0.05) is 17.7 Å². The van der Waals surface area contributed by atoms with E-state index in [2.05, 4.69) is 5.32 Å². The number of aliphatic hydroxyl groups excluding tert-OH is 1. The summed E-state index contributed by atoms with van der Waals surface area (Å²) in [4.78, 5) is 0. The second-order valence-electron chi connectivity index (χ2n) is 4.22. The molecule has 0 aromatic heterocycles. The monoisotopic (exact) mass is 241 g/mol. The Labute approximate surface area is 100 Å². The Morgan fingerprint density at radius 3 is 2.81 bits per heavy atom. The molecule has 3 nitrogen and oxygen atoms in total. The first kappa shape index (κ1) is 11.7. The van der Waals surface area contributed by atoms with Crippen molar-refractivity contribution in [3.8, 4) is 5.75 Å². The molecule has 1 aliphatic carbocycles. The summed E-state index contributed by atoms with van der Waals surface area (Å²) in [5.74, 6) is 0.201. The minimum atomic E-state index is -0.273. The number of hydrogen-bond donors (Lipinski definition) is 3. The maximum absolute atomic E-state index is 9.65. The van der Waals surface area contributed by atoms with E-state index in [1.165, 1.54) is 0 Å². The van der Waals surface area contributed by atoms with Gasteiger partial charge in [-0.05, 0) is 31.4 Å². The van der Waals surface area contributed by atoms with E-state index in [9.17, 15) is 10.2 Å². The van der Waals surface area contributed by atoms with E-state index >= 15 is 0 Å². The Kier molecular flexibility index (Phi) is 3.69. The van der Waals surface area contributed by atoms with Gasteiger partial charge in [0.05, 0.1) is 6.10 Å². The molecule has 0 aliphatic heterocycles. The number of aliphatic hydroxyl groups is 1. The van der Waals surface area contributed by atoms with E-state index in [4.69, 9.17) is 11.6 Å². The predicted molar refractivity (Wildman–Crippen MR) is 63.6 cm³/mol. The number of hydrogen-bond acceptors (Lipinski definition) is 3. The van der Waals surface area contributed by atoms with Crippen LogP contribution in [0.5, 0.6) is 5.75 Å². The quantitative estimate of drug-likeness (QED) is 0.759. The SMILES string of the molecule is Oc1cccc(Cl)c1CNC1CCCC1O. The highest BCUT2D eigenvalue weighted by atomic mass is 35.5. The lowest BCUT2D eigenvalue weighted by atomic mass is 10.1. The molecule has 1 saturated carbocycles. The lowest BCUT2D eigenvalue weighted by molar-refractivity contribution is 0.148. The van der Waals surface area contributed by atoms with E-state index in [0.29, 0.717) is 17.1 Å². The molecule has 2 atom stereocenters. The Morgan fingerprint density at radius 1 is 1.38 bits per heavy atom. The summed E-state index contributed by atoms with van der Waals surface area (Å²) in [5.41, 5.74) is 0.697. The number of nitrogens with one attached hydrogen (secondary N) is 1. The number of halogens is 1. The normalized spacial score (nSPS) is 24.9. The topological polar surface area (TPSA) is 52.5 Å². The van der Waals surface area contributed by atoms with Gasteiger partial charge in [0.25, 0.3) is 0 Å². The van der Waals surface area contributed by atoms with Gasteiger partial charge in [-0.25, -0.2) is 0 Å². The molecule has 3 N–H and O–H groups in total. The lowest BCUT2D eigenvalue weighted by Crippen LogP contribution is -2.35. The molecule has 2 unspecified atom stereocenters. The third kappa shape index (κ3) is 2.48. The molecule has 0 bridgehead atoms. The predicted octanol–water partition coefficient (Wildman–Crippen LogP) is 2.05. The van der Waals surface area contributed by atoms with E-state index in [0.717, 1.165) is 19.3 Å². The first-order valence-electron chi connectivity index (χ1n) is 5.56. The van der Waals surface area contributed by atoms with Crippen molar-refractivity contribution in [3.05, 3.63) is 28.8 Å². The summed E-state index contributed by atoms with van der Waals surface area (Å²) < 4.78 is 0. The zero-order chi connectivity index (χ0) is 11.5. The standard InChI is InChI=1S/C12H16ClNO2/c13-9-3-1-5-11(15)8(9)7-14-10-4-2-6-12(10)16/h1,3,5,10,12,14-16H,2,4,6-7H2. The molecule has 4 heteroatoms. The van der Waals surface area contributed by atoms with Gasteiger partial charge in [0.1, 0.15) is 5.75 Å². The van der Waals surface area contributed by atoms with Crippen molar-refractivity contribution in [2.24, 2.45) is 0 Å². The van der Waals surface area contributed by atoms with Gasteiger partial charge in [0, 0.05) is 23.2 Å². The molecule has 0 radical (unpaired) electrons. The van der Waals surface area contributed by atoms with Gasteiger partial charge < -0.3 is 15.5 Å². The fraction of sp³-hybridized carbons (Fsp3) is 0.500. The number of rotatable bonds is 3.